The zero-order valence-corrected chi connectivity index (χ0v) is 9.83. The van der Waals surface area contributed by atoms with E-state index in [1.807, 2.05) is 24.3 Å². The molecule has 0 amide bonds. The number of hydrogen-bond donors (Lipinski definition) is 1. The second kappa shape index (κ2) is 3.86. The lowest BCUT2D eigenvalue weighted by Crippen LogP contribution is -1.99. The van der Waals surface area contributed by atoms with Crippen LogP contribution >= 0.6 is 11.3 Å². The number of rotatable bonds is 2. The topological polar surface area (TPSA) is 37.3 Å². The molecule has 0 unspecified atom stereocenters. The van der Waals surface area contributed by atoms with Crippen LogP contribution in [0.4, 0.5) is 0 Å². The van der Waals surface area contributed by atoms with Crippen LogP contribution in [-0.4, -0.2) is 11.1 Å². The maximum absolute atomic E-state index is 10.8. The molecule has 3 rings (SSSR count). The van der Waals surface area contributed by atoms with E-state index in [9.17, 15) is 4.79 Å². The molecule has 0 radical (unpaired) electrons. The monoisotopic (exact) mass is 242 g/mol. The van der Waals surface area contributed by atoms with Crippen LogP contribution in [0.15, 0.2) is 42.5 Å². The third-order valence-corrected chi connectivity index (χ3v) is 4.09. The first kappa shape index (κ1) is 10.3. The van der Waals surface area contributed by atoms with Gasteiger partial charge in [-0.25, -0.2) is 0 Å². The Labute approximate surface area is 102 Å². The molecule has 0 aliphatic rings. The van der Waals surface area contributed by atoms with Gasteiger partial charge in [0.2, 0.25) is 0 Å². The van der Waals surface area contributed by atoms with E-state index in [1.54, 1.807) is 11.3 Å². The van der Waals surface area contributed by atoms with Gasteiger partial charge in [-0.3, -0.25) is 4.79 Å². The molecule has 0 spiro atoms. The Morgan fingerprint density at radius 2 is 1.82 bits per heavy atom. The summed E-state index contributed by atoms with van der Waals surface area (Å²) in [6.45, 7) is 0. The number of carbonyl (C=O) groups is 1. The average molecular weight is 242 g/mol. The average Bonchev–Trinajstić information content (AvgIpc) is 2.68. The summed E-state index contributed by atoms with van der Waals surface area (Å²) in [6.07, 6.45) is 0.0875. The van der Waals surface area contributed by atoms with Crippen molar-refractivity contribution in [1.82, 2.24) is 0 Å². The summed E-state index contributed by atoms with van der Waals surface area (Å²) >= 11 is 1.67. The first-order chi connectivity index (χ1) is 8.25. The van der Waals surface area contributed by atoms with Gasteiger partial charge < -0.3 is 5.11 Å². The van der Waals surface area contributed by atoms with Gasteiger partial charge in [0.1, 0.15) is 0 Å². The normalized spacial score (nSPS) is 11.1. The van der Waals surface area contributed by atoms with Crippen molar-refractivity contribution >= 4 is 37.5 Å². The molecule has 0 fully saturated rings. The van der Waals surface area contributed by atoms with Gasteiger partial charge in [0, 0.05) is 20.2 Å². The number of fused-ring (bicyclic) bond motifs is 3. The first-order valence-corrected chi connectivity index (χ1v) is 6.18. The summed E-state index contributed by atoms with van der Waals surface area (Å²) in [7, 11) is 0. The lowest BCUT2D eigenvalue weighted by molar-refractivity contribution is -0.136. The molecule has 0 atom stereocenters. The van der Waals surface area contributed by atoms with Crippen molar-refractivity contribution in [1.29, 1.82) is 0 Å². The Bertz CT molecular complexity index is 712. The summed E-state index contributed by atoms with van der Waals surface area (Å²) in [6, 6.07) is 14.1. The van der Waals surface area contributed by atoms with Gasteiger partial charge in [-0.05, 0) is 11.6 Å². The van der Waals surface area contributed by atoms with E-state index in [0.29, 0.717) is 0 Å². The smallest absolute Gasteiger partial charge is 0.307 e. The van der Waals surface area contributed by atoms with E-state index < -0.39 is 5.97 Å². The van der Waals surface area contributed by atoms with Crippen LogP contribution in [0.1, 0.15) is 5.56 Å². The lowest BCUT2D eigenvalue weighted by Gasteiger charge is -1.98. The molecule has 2 aromatic carbocycles. The minimum absolute atomic E-state index is 0.0875. The fourth-order valence-corrected chi connectivity index (χ4v) is 3.32. The van der Waals surface area contributed by atoms with Crippen LogP contribution in [0.2, 0.25) is 0 Å². The molecule has 1 aromatic heterocycles. The van der Waals surface area contributed by atoms with Crippen LogP contribution in [0.3, 0.4) is 0 Å². The Balaban J connectivity index is 2.35. The van der Waals surface area contributed by atoms with Gasteiger partial charge in [-0.2, -0.15) is 0 Å². The van der Waals surface area contributed by atoms with E-state index >= 15 is 0 Å². The Kier molecular flexibility index (Phi) is 2.34. The second-order valence-corrected chi connectivity index (χ2v) is 5.01. The zero-order chi connectivity index (χ0) is 11.8. The highest BCUT2D eigenvalue weighted by atomic mass is 32.1. The molecule has 1 heterocycles. The summed E-state index contributed by atoms with van der Waals surface area (Å²) in [5, 5.41) is 11.3. The molecule has 1 N–H and O–H groups in total. The van der Waals surface area contributed by atoms with Crippen molar-refractivity contribution in [3.63, 3.8) is 0 Å². The highest BCUT2D eigenvalue weighted by Gasteiger charge is 2.10. The third kappa shape index (κ3) is 1.68. The van der Waals surface area contributed by atoms with E-state index in [4.69, 9.17) is 5.11 Å². The lowest BCUT2D eigenvalue weighted by atomic mass is 10.1. The number of carboxylic acid groups (broad SMARTS) is 1. The molecular formula is C14H10O2S. The number of hydrogen-bond acceptors (Lipinski definition) is 2. The Morgan fingerprint density at radius 3 is 2.65 bits per heavy atom. The van der Waals surface area contributed by atoms with E-state index in [1.165, 1.54) is 10.1 Å². The van der Waals surface area contributed by atoms with Crippen molar-refractivity contribution in [2.24, 2.45) is 0 Å². The van der Waals surface area contributed by atoms with Crippen LogP contribution in [0, 0.1) is 0 Å². The van der Waals surface area contributed by atoms with Crippen LogP contribution in [0.5, 0.6) is 0 Å². The van der Waals surface area contributed by atoms with Crippen molar-refractivity contribution in [2.45, 2.75) is 6.42 Å². The molecule has 0 bridgehead atoms. The molecular weight excluding hydrogens is 232 g/mol. The fraction of sp³-hybridized carbons (Fsp3) is 0.0714. The van der Waals surface area contributed by atoms with Crippen LogP contribution in [0.25, 0.3) is 20.2 Å². The molecule has 0 aliphatic heterocycles. The largest absolute Gasteiger partial charge is 0.481 e. The predicted molar refractivity (Wildman–Crippen MR) is 70.7 cm³/mol. The van der Waals surface area contributed by atoms with Gasteiger partial charge in [0.25, 0.3) is 0 Å². The third-order valence-electron chi connectivity index (χ3n) is 2.83. The highest BCUT2D eigenvalue weighted by Crippen LogP contribution is 2.35. The predicted octanol–water partition coefficient (Wildman–Crippen LogP) is 3.68. The summed E-state index contributed by atoms with van der Waals surface area (Å²) in [5.74, 6) is -0.782. The van der Waals surface area contributed by atoms with Gasteiger partial charge in [0.05, 0.1) is 6.42 Å². The quantitative estimate of drug-likeness (QED) is 0.744. The highest BCUT2D eigenvalue weighted by molar-refractivity contribution is 7.26. The SMILES string of the molecule is O=C(O)Cc1cccc2c1sc1ccccc12. The first-order valence-electron chi connectivity index (χ1n) is 5.36. The maximum Gasteiger partial charge on any atom is 0.307 e. The number of aliphatic carboxylic acids is 1. The molecule has 0 aliphatic carbocycles. The van der Waals surface area contributed by atoms with Crippen molar-refractivity contribution in [3.05, 3.63) is 48.0 Å². The molecule has 17 heavy (non-hydrogen) atoms. The number of thiophene rings is 1. The Morgan fingerprint density at radius 1 is 1.06 bits per heavy atom. The molecule has 3 heteroatoms. The zero-order valence-electron chi connectivity index (χ0n) is 9.01. The summed E-state index contributed by atoms with van der Waals surface area (Å²) < 4.78 is 2.30. The van der Waals surface area contributed by atoms with Gasteiger partial charge >= 0.3 is 5.97 Å². The van der Waals surface area contributed by atoms with E-state index in [0.717, 1.165) is 15.6 Å². The van der Waals surface area contributed by atoms with Crippen LogP contribution < -0.4 is 0 Å². The standard InChI is InChI=1S/C14H10O2S/c15-13(16)8-9-4-3-6-11-10-5-1-2-7-12(10)17-14(9)11/h1-7H,8H2,(H,15,16). The Hall–Kier alpha value is -1.87. The molecule has 0 saturated heterocycles. The molecule has 84 valence electrons. The van der Waals surface area contributed by atoms with Crippen molar-refractivity contribution in [2.75, 3.05) is 0 Å². The molecule has 0 saturated carbocycles. The van der Waals surface area contributed by atoms with Crippen molar-refractivity contribution in [3.8, 4) is 0 Å². The fourth-order valence-electron chi connectivity index (χ4n) is 2.11. The van der Waals surface area contributed by atoms with Gasteiger partial charge in [-0.15, -0.1) is 11.3 Å². The second-order valence-electron chi connectivity index (χ2n) is 3.96. The van der Waals surface area contributed by atoms with E-state index in [-0.39, 0.29) is 6.42 Å². The van der Waals surface area contributed by atoms with Crippen molar-refractivity contribution < 1.29 is 9.90 Å². The van der Waals surface area contributed by atoms with E-state index in [2.05, 4.69) is 18.2 Å². The minimum atomic E-state index is -0.782. The van der Waals surface area contributed by atoms with Gasteiger partial charge in [-0.1, -0.05) is 36.4 Å². The number of benzene rings is 2. The molecule has 2 nitrogen and oxygen atoms in total. The van der Waals surface area contributed by atoms with Gasteiger partial charge in [0.15, 0.2) is 0 Å². The minimum Gasteiger partial charge on any atom is -0.481 e. The summed E-state index contributed by atoms with van der Waals surface area (Å²) in [4.78, 5) is 10.8. The number of carboxylic acids is 1. The van der Waals surface area contributed by atoms with Crippen LogP contribution in [-0.2, 0) is 11.2 Å². The maximum atomic E-state index is 10.8. The molecule has 3 aromatic rings. The summed E-state index contributed by atoms with van der Waals surface area (Å²) in [5.41, 5.74) is 0.899.